The summed E-state index contributed by atoms with van der Waals surface area (Å²) in [7, 11) is 0. The van der Waals surface area contributed by atoms with E-state index in [1.54, 1.807) is 24.3 Å². The number of aryl methyl sites for hydroxylation is 1. The summed E-state index contributed by atoms with van der Waals surface area (Å²) in [6, 6.07) is 4.96. The zero-order valence-corrected chi connectivity index (χ0v) is 15.1. The fraction of sp³-hybridized carbons (Fsp3) is 0.235. The Bertz CT molecular complexity index is 1170. The van der Waals surface area contributed by atoms with Gasteiger partial charge in [-0.1, -0.05) is 17.4 Å². The van der Waals surface area contributed by atoms with E-state index in [4.69, 9.17) is 9.47 Å². The maximum absolute atomic E-state index is 12.5. The topological polar surface area (TPSA) is 99.9 Å². The Kier molecular flexibility index (Phi) is 4.81. The Balaban J connectivity index is 2.12. The van der Waals surface area contributed by atoms with E-state index in [1.165, 1.54) is 13.8 Å². The Labute approximate surface area is 151 Å². The Hall–Kier alpha value is -3.07. The lowest BCUT2D eigenvalue weighted by Crippen LogP contribution is -2.27. The van der Waals surface area contributed by atoms with Crippen LogP contribution in [0, 0.1) is 6.92 Å². The smallest absolute Gasteiger partial charge is 0.308 e. The van der Waals surface area contributed by atoms with E-state index >= 15 is 0 Å². The highest BCUT2D eigenvalue weighted by Gasteiger charge is 2.10. The van der Waals surface area contributed by atoms with Crippen LogP contribution in [-0.2, 0) is 4.79 Å². The molecule has 0 radical (unpaired) electrons. The molecule has 0 N–H and O–H groups in total. The molecule has 0 amide bonds. The standard InChI is InChI=1S/C17H15N3O5S/c1-4-24-13-7-11(5-6-12(13)25-10(3)21)8-14-16(23)20-17(26-14)18-15(22)9(2)19-20/h5-8H,4H2,1-3H3. The summed E-state index contributed by atoms with van der Waals surface area (Å²) in [6.07, 6.45) is 1.64. The monoisotopic (exact) mass is 373 g/mol. The highest BCUT2D eigenvalue weighted by molar-refractivity contribution is 7.15. The van der Waals surface area contributed by atoms with Crippen LogP contribution in [0.2, 0.25) is 0 Å². The lowest BCUT2D eigenvalue weighted by molar-refractivity contribution is -0.132. The van der Waals surface area contributed by atoms with Crippen LogP contribution in [0.3, 0.4) is 0 Å². The van der Waals surface area contributed by atoms with Gasteiger partial charge in [0.15, 0.2) is 11.5 Å². The molecule has 0 unspecified atom stereocenters. The van der Waals surface area contributed by atoms with Crippen molar-refractivity contribution in [3.05, 3.63) is 54.7 Å². The number of ether oxygens (including phenoxy) is 2. The summed E-state index contributed by atoms with van der Waals surface area (Å²) in [5.74, 6) is 0.248. The van der Waals surface area contributed by atoms with Crippen LogP contribution < -0.4 is 25.1 Å². The normalized spacial score (nSPS) is 11.7. The Morgan fingerprint density at radius 2 is 2.08 bits per heavy atom. The minimum atomic E-state index is -0.456. The second-order valence-electron chi connectivity index (χ2n) is 5.35. The molecule has 2 heterocycles. The van der Waals surface area contributed by atoms with Gasteiger partial charge in [0.1, 0.15) is 5.69 Å². The second-order valence-corrected chi connectivity index (χ2v) is 6.35. The van der Waals surface area contributed by atoms with Crippen LogP contribution in [0.15, 0.2) is 27.8 Å². The van der Waals surface area contributed by atoms with Crippen LogP contribution >= 0.6 is 11.3 Å². The van der Waals surface area contributed by atoms with Crippen molar-refractivity contribution < 1.29 is 14.3 Å². The molecule has 2 aromatic heterocycles. The minimum Gasteiger partial charge on any atom is -0.490 e. The van der Waals surface area contributed by atoms with Crippen molar-refractivity contribution in [2.75, 3.05) is 6.61 Å². The number of hydrogen-bond donors (Lipinski definition) is 0. The Morgan fingerprint density at radius 3 is 2.77 bits per heavy atom. The summed E-state index contributed by atoms with van der Waals surface area (Å²) >= 11 is 1.07. The number of carbonyl (C=O) groups excluding carboxylic acids is 1. The third-order valence-corrected chi connectivity index (χ3v) is 4.32. The van der Waals surface area contributed by atoms with E-state index in [2.05, 4.69) is 10.1 Å². The number of thiazole rings is 1. The molecule has 3 rings (SSSR count). The quantitative estimate of drug-likeness (QED) is 0.490. The summed E-state index contributed by atoms with van der Waals surface area (Å²) in [5.41, 5.74) is 0.0192. The lowest BCUT2D eigenvalue weighted by atomic mass is 10.2. The van der Waals surface area contributed by atoms with Gasteiger partial charge in [0.25, 0.3) is 11.1 Å². The van der Waals surface area contributed by atoms with Gasteiger partial charge in [-0.2, -0.15) is 14.6 Å². The predicted octanol–water partition coefficient (Wildman–Crippen LogP) is 0.691. The van der Waals surface area contributed by atoms with Crippen molar-refractivity contribution in [2.24, 2.45) is 0 Å². The molecule has 0 aliphatic rings. The summed E-state index contributed by atoms with van der Waals surface area (Å²) in [5, 5.41) is 3.97. The average molecular weight is 373 g/mol. The van der Waals surface area contributed by atoms with Gasteiger partial charge in [0.2, 0.25) is 4.96 Å². The molecule has 0 aliphatic carbocycles. The first-order valence-electron chi connectivity index (χ1n) is 7.76. The predicted molar refractivity (Wildman–Crippen MR) is 95.8 cm³/mol. The van der Waals surface area contributed by atoms with E-state index in [0.717, 1.165) is 15.9 Å². The fourth-order valence-corrected chi connectivity index (χ4v) is 3.16. The molecule has 0 aliphatic heterocycles. The van der Waals surface area contributed by atoms with Gasteiger partial charge in [0.05, 0.1) is 11.1 Å². The van der Waals surface area contributed by atoms with Gasteiger partial charge < -0.3 is 9.47 Å². The van der Waals surface area contributed by atoms with Gasteiger partial charge in [-0.05, 0) is 37.6 Å². The third kappa shape index (κ3) is 3.47. The van der Waals surface area contributed by atoms with E-state index in [1.807, 2.05) is 6.92 Å². The van der Waals surface area contributed by atoms with E-state index in [9.17, 15) is 14.4 Å². The zero-order valence-electron chi connectivity index (χ0n) is 14.3. The van der Waals surface area contributed by atoms with Crippen LogP contribution in [0.5, 0.6) is 11.5 Å². The first-order valence-corrected chi connectivity index (χ1v) is 8.58. The maximum Gasteiger partial charge on any atom is 0.308 e. The molecular weight excluding hydrogens is 358 g/mol. The molecule has 1 aromatic carbocycles. The van der Waals surface area contributed by atoms with Gasteiger partial charge >= 0.3 is 5.97 Å². The van der Waals surface area contributed by atoms with Gasteiger partial charge in [-0.3, -0.25) is 14.4 Å². The highest BCUT2D eigenvalue weighted by atomic mass is 32.1. The first-order chi connectivity index (χ1) is 12.4. The highest BCUT2D eigenvalue weighted by Crippen LogP contribution is 2.29. The molecule has 134 valence electrons. The molecule has 0 saturated carbocycles. The second kappa shape index (κ2) is 7.04. The molecule has 0 spiro atoms. The van der Waals surface area contributed by atoms with Gasteiger partial charge in [-0.25, -0.2) is 0 Å². The van der Waals surface area contributed by atoms with Crippen LogP contribution in [-0.4, -0.2) is 27.2 Å². The number of aromatic nitrogens is 3. The van der Waals surface area contributed by atoms with Crippen molar-refractivity contribution >= 4 is 28.3 Å². The van der Waals surface area contributed by atoms with E-state index in [-0.39, 0.29) is 16.2 Å². The van der Waals surface area contributed by atoms with Gasteiger partial charge in [0, 0.05) is 6.92 Å². The third-order valence-electron chi connectivity index (χ3n) is 3.36. The molecule has 0 saturated heterocycles. The van der Waals surface area contributed by atoms with E-state index < -0.39 is 11.5 Å². The first kappa shape index (κ1) is 17.7. The van der Waals surface area contributed by atoms with Crippen molar-refractivity contribution in [2.45, 2.75) is 20.8 Å². The average Bonchev–Trinajstić information content (AvgIpc) is 2.86. The molecule has 8 nitrogen and oxygen atoms in total. The molecule has 0 bridgehead atoms. The van der Waals surface area contributed by atoms with Crippen LogP contribution in [0.1, 0.15) is 25.1 Å². The number of rotatable bonds is 4. The molecule has 3 aromatic rings. The number of hydrogen-bond acceptors (Lipinski definition) is 8. The molecule has 26 heavy (non-hydrogen) atoms. The largest absolute Gasteiger partial charge is 0.490 e. The number of nitrogens with zero attached hydrogens (tertiary/aromatic N) is 3. The number of fused-ring (bicyclic) bond motifs is 1. The molecular formula is C17H15N3O5S. The number of esters is 1. The molecule has 9 heteroatoms. The van der Waals surface area contributed by atoms with Crippen molar-refractivity contribution in [1.82, 2.24) is 14.6 Å². The maximum atomic E-state index is 12.5. The lowest BCUT2D eigenvalue weighted by Gasteiger charge is -2.10. The van der Waals surface area contributed by atoms with Gasteiger partial charge in [-0.15, -0.1) is 0 Å². The minimum absolute atomic E-state index is 0.160. The molecule has 0 fully saturated rings. The number of benzene rings is 1. The van der Waals surface area contributed by atoms with Crippen LogP contribution in [0.4, 0.5) is 0 Å². The van der Waals surface area contributed by atoms with Crippen molar-refractivity contribution in [3.63, 3.8) is 0 Å². The van der Waals surface area contributed by atoms with E-state index in [0.29, 0.717) is 28.2 Å². The zero-order chi connectivity index (χ0) is 18.8. The van der Waals surface area contributed by atoms with Crippen molar-refractivity contribution in [3.8, 4) is 11.5 Å². The Morgan fingerprint density at radius 1 is 1.31 bits per heavy atom. The fourth-order valence-electron chi connectivity index (χ4n) is 2.26. The number of carbonyl (C=O) groups is 1. The van der Waals surface area contributed by atoms with Crippen molar-refractivity contribution in [1.29, 1.82) is 0 Å². The SMILES string of the molecule is CCOc1cc(C=c2sc3nc(=O)c(C)nn3c2=O)ccc1OC(C)=O. The molecule has 0 atom stereocenters. The summed E-state index contributed by atoms with van der Waals surface area (Å²) in [4.78, 5) is 39.3. The van der Waals surface area contributed by atoms with Crippen LogP contribution in [0.25, 0.3) is 11.0 Å². The summed E-state index contributed by atoms with van der Waals surface area (Å²) < 4.78 is 12.1. The summed E-state index contributed by atoms with van der Waals surface area (Å²) in [6.45, 7) is 5.01.